The molecule has 0 aliphatic rings. The second kappa shape index (κ2) is 7.65. The molecule has 15 heavy (non-hydrogen) atoms. The number of carbonyl (C=O) groups excluding carboxylic acids is 1. The summed E-state index contributed by atoms with van der Waals surface area (Å²) in [5.41, 5.74) is 0. The highest BCUT2D eigenvalue weighted by atomic mass is 28.4. The number of rotatable bonds is 8. The van der Waals surface area contributed by atoms with Crippen molar-refractivity contribution in [2.75, 3.05) is 13.3 Å². The van der Waals surface area contributed by atoms with Gasteiger partial charge in [-0.3, -0.25) is 0 Å². The molecule has 0 unspecified atom stereocenters. The second-order valence-corrected chi connectivity index (χ2v) is 7.76. The lowest BCUT2D eigenvalue weighted by Gasteiger charge is -2.28. The molecule has 0 saturated heterocycles. The SMILES string of the molecule is C=CC(=O)OC[Si](CCC)(CCC)OC. The standard InChI is InChI=1S/C11H22O3Si/c1-5-8-15(13-4,9-6-2)10-14-11(12)7-3/h7H,3,5-6,8-10H2,1-2,4H3. The van der Waals surface area contributed by atoms with Gasteiger partial charge in [0, 0.05) is 13.2 Å². The summed E-state index contributed by atoms with van der Waals surface area (Å²) in [4.78, 5) is 11.0. The van der Waals surface area contributed by atoms with Gasteiger partial charge in [-0.25, -0.2) is 4.79 Å². The van der Waals surface area contributed by atoms with Crippen molar-refractivity contribution in [2.24, 2.45) is 0 Å². The fourth-order valence-corrected chi connectivity index (χ4v) is 5.00. The molecule has 0 aliphatic carbocycles. The highest BCUT2D eigenvalue weighted by molar-refractivity contribution is 6.73. The largest absolute Gasteiger partial charge is 0.463 e. The molecule has 0 heterocycles. The minimum Gasteiger partial charge on any atom is -0.463 e. The first-order valence-electron chi connectivity index (χ1n) is 5.48. The van der Waals surface area contributed by atoms with Crippen molar-refractivity contribution in [3.63, 3.8) is 0 Å². The van der Waals surface area contributed by atoms with Crippen LogP contribution in [0, 0.1) is 0 Å². The van der Waals surface area contributed by atoms with E-state index in [-0.39, 0.29) is 5.97 Å². The van der Waals surface area contributed by atoms with Gasteiger partial charge in [0.25, 0.3) is 0 Å². The molecule has 88 valence electrons. The Morgan fingerprint density at radius 3 is 2.20 bits per heavy atom. The van der Waals surface area contributed by atoms with Crippen molar-refractivity contribution >= 4 is 14.3 Å². The number of hydrogen-bond acceptors (Lipinski definition) is 3. The van der Waals surface area contributed by atoms with E-state index in [9.17, 15) is 4.79 Å². The minimum absolute atomic E-state index is 0.351. The summed E-state index contributed by atoms with van der Waals surface area (Å²) in [5.74, 6) is -0.351. The molecule has 0 rings (SSSR count). The zero-order valence-electron chi connectivity index (χ0n) is 10.0. The maximum atomic E-state index is 11.0. The number of hydrogen-bond donors (Lipinski definition) is 0. The maximum Gasteiger partial charge on any atom is 0.329 e. The first-order valence-corrected chi connectivity index (χ1v) is 8.01. The van der Waals surface area contributed by atoms with Gasteiger partial charge in [-0.2, -0.15) is 0 Å². The van der Waals surface area contributed by atoms with E-state index in [1.165, 1.54) is 6.08 Å². The Kier molecular flexibility index (Phi) is 7.34. The molecule has 0 aromatic heterocycles. The van der Waals surface area contributed by atoms with E-state index in [0.29, 0.717) is 6.23 Å². The molecule has 0 spiro atoms. The highest BCUT2D eigenvalue weighted by Crippen LogP contribution is 2.21. The van der Waals surface area contributed by atoms with Crippen LogP contribution in [0.5, 0.6) is 0 Å². The molecule has 4 heteroatoms. The van der Waals surface area contributed by atoms with Gasteiger partial charge in [0.1, 0.15) is 6.23 Å². The second-order valence-electron chi connectivity index (χ2n) is 3.70. The molecule has 0 aliphatic heterocycles. The van der Waals surface area contributed by atoms with Gasteiger partial charge in [0.15, 0.2) is 0 Å². The molecule has 0 amide bonds. The number of carbonyl (C=O) groups is 1. The van der Waals surface area contributed by atoms with E-state index >= 15 is 0 Å². The van der Waals surface area contributed by atoms with Crippen LogP contribution in [0.25, 0.3) is 0 Å². The van der Waals surface area contributed by atoms with Gasteiger partial charge in [0.2, 0.25) is 8.32 Å². The molecule has 0 radical (unpaired) electrons. The predicted octanol–water partition coefficient (Wildman–Crippen LogP) is 2.67. The van der Waals surface area contributed by atoms with Crippen molar-refractivity contribution < 1.29 is 14.0 Å². The molecule has 0 aromatic rings. The van der Waals surface area contributed by atoms with Crippen molar-refractivity contribution in [2.45, 2.75) is 38.8 Å². The van der Waals surface area contributed by atoms with Gasteiger partial charge >= 0.3 is 5.97 Å². The summed E-state index contributed by atoms with van der Waals surface area (Å²) in [5, 5.41) is 0. The van der Waals surface area contributed by atoms with Gasteiger partial charge in [0.05, 0.1) is 0 Å². The zero-order valence-corrected chi connectivity index (χ0v) is 11.0. The van der Waals surface area contributed by atoms with Crippen LogP contribution < -0.4 is 0 Å². The fourth-order valence-electron chi connectivity index (χ4n) is 1.71. The van der Waals surface area contributed by atoms with Crippen molar-refractivity contribution in [3.05, 3.63) is 12.7 Å². The summed E-state index contributed by atoms with van der Waals surface area (Å²) in [6, 6.07) is 2.09. The Hall–Kier alpha value is -0.613. The molecule has 0 fully saturated rings. The average Bonchev–Trinajstić information content (AvgIpc) is 2.26. The maximum absolute atomic E-state index is 11.0. The molecule has 0 atom stereocenters. The molecular formula is C11H22O3Si. The first-order chi connectivity index (χ1) is 7.14. The van der Waals surface area contributed by atoms with Crippen molar-refractivity contribution in [1.29, 1.82) is 0 Å². The lowest BCUT2D eigenvalue weighted by atomic mass is 10.6. The molecule has 0 bridgehead atoms. The number of esters is 1. The lowest BCUT2D eigenvalue weighted by Crippen LogP contribution is -2.43. The van der Waals surface area contributed by atoms with Crippen LogP contribution in [-0.4, -0.2) is 27.6 Å². The van der Waals surface area contributed by atoms with Crippen LogP contribution in [0.4, 0.5) is 0 Å². The van der Waals surface area contributed by atoms with E-state index in [4.69, 9.17) is 9.16 Å². The van der Waals surface area contributed by atoms with Crippen molar-refractivity contribution in [3.8, 4) is 0 Å². The van der Waals surface area contributed by atoms with E-state index in [2.05, 4.69) is 20.4 Å². The fraction of sp³-hybridized carbons (Fsp3) is 0.727. The van der Waals surface area contributed by atoms with E-state index in [1.54, 1.807) is 7.11 Å². The van der Waals surface area contributed by atoms with Crippen LogP contribution >= 0.6 is 0 Å². The third-order valence-corrected chi connectivity index (χ3v) is 6.85. The Morgan fingerprint density at radius 1 is 1.33 bits per heavy atom. The Balaban J connectivity index is 4.31. The zero-order chi connectivity index (χ0) is 11.7. The summed E-state index contributed by atoms with van der Waals surface area (Å²) in [6.45, 7) is 7.64. The Morgan fingerprint density at radius 2 is 1.87 bits per heavy atom. The van der Waals surface area contributed by atoms with Gasteiger partial charge in [-0.05, 0) is 12.1 Å². The van der Waals surface area contributed by atoms with Crippen LogP contribution in [0.2, 0.25) is 12.1 Å². The number of ether oxygens (including phenoxy) is 1. The van der Waals surface area contributed by atoms with Crippen LogP contribution in [0.3, 0.4) is 0 Å². The lowest BCUT2D eigenvalue weighted by molar-refractivity contribution is -0.136. The van der Waals surface area contributed by atoms with Crippen LogP contribution in [0.15, 0.2) is 12.7 Å². The third kappa shape index (κ3) is 5.13. The predicted molar refractivity (Wildman–Crippen MR) is 64.1 cm³/mol. The Labute approximate surface area is 93.6 Å². The van der Waals surface area contributed by atoms with E-state index in [0.717, 1.165) is 24.9 Å². The van der Waals surface area contributed by atoms with Crippen LogP contribution in [-0.2, 0) is 14.0 Å². The summed E-state index contributed by atoms with van der Waals surface area (Å²) >= 11 is 0. The summed E-state index contributed by atoms with van der Waals surface area (Å²) < 4.78 is 10.8. The Bertz CT molecular complexity index is 198. The normalized spacial score (nSPS) is 11.1. The van der Waals surface area contributed by atoms with Gasteiger partial charge in [-0.1, -0.05) is 33.3 Å². The third-order valence-electron chi connectivity index (χ3n) is 2.49. The van der Waals surface area contributed by atoms with Crippen molar-refractivity contribution in [1.82, 2.24) is 0 Å². The molecule has 0 aromatic carbocycles. The highest BCUT2D eigenvalue weighted by Gasteiger charge is 2.33. The monoisotopic (exact) mass is 230 g/mol. The smallest absolute Gasteiger partial charge is 0.329 e. The minimum atomic E-state index is -1.84. The first kappa shape index (κ1) is 14.4. The average molecular weight is 230 g/mol. The quantitative estimate of drug-likeness (QED) is 0.365. The molecule has 3 nitrogen and oxygen atoms in total. The summed E-state index contributed by atoms with van der Waals surface area (Å²) in [7, 11) is -0.104. The summed E-state index contributed by atoms with van der Waals surface area (Å²) in [6.07, 6.45) is 3.81. The van der Waals surface area contributed by atoms with Crippen LogP contribution in [0.1, 0.15) is 26.7 Å². The topological polar surface area (TPSA) is 35.5 Å². The molecule has 0 saturated carbocycles. The van der Waals surface area contributed by atoms with E-state index in [1.807, 2.05) is 0 Å². The molecular weight excluding hydrogens is 208 g/mol. The van der Waals surface area contributed by atoms with Gasteiger partial charge in [-0.15, -0.1) is 0 Å². The molecule has 0 N–H and O–H groups in total. The van der Waals surface area contributed by atoms with E-state index < -0.39 is 8.32 Å². The van der Waals surface area contributed by atoms with Gasteiger partial charge < -0.3 is 9.16 Å².